The summed E-state index contributed by atoms with van der Waals surface area (Å²) in [6, 6.07) is 9.06. The molecule has 0 saturated carbocycles. The van der Waals surface area contributed by atoms with Gasteiger partial charge < -0.3 is 20.9 Å². The highest BCUT2D eigenvalue weighted by Gasteiger charge is 2.14. The van der Waals surface area contributed by atoms with Gasteiger partial charge in [-0.15, -0.1) is 0 Å². The van der Waals surface area contributed by atoms with Gasteiger partial charge >= 0.3 is 11.9 Å². The average molecular weight is 336 g/mol. The second-order valence-corrected chi connectivity index (χ2v) is 6.04. The zero-order valence-electron chi connectivity index (χ0n) is 14.8. The minimum Gasteiger partial charge on any atom is -0.468 e. The molecule has 1 aromatic carbocycles. The summed E-state index contributed by atoms with van der Waals surface area (Å²) in [6.45, 7) is 5.49. The van der Waals surface area contributed by atoms with Gasteiger partial charge in [-0.25, -0.2) is 0 Å². The number of ether oxygens (including phenoxy) is 2. The second kappa shape index (κ2) is 11.2. The summed E-state index contributed by atoms with van der Waals surface area (Å²) in [5, 5.41) is 0. The lowest BCUT2D eigenvalue weighted by Crippen LogP contribution is -2.33. The number of carbonyl (C=O) groups is 2. The molecule has 24 heavy (non-hydrogen) atoms. The lowest BCUT2D eigenvalue weighted by atomic mass is 10.1. The molecule has 0 saturated heterocycles. The normalized spacial score (nSPS) is 12.0. The number of rotatable bonds is 5. The van der Waals surface area contributed by atoms with Crippen LogP contribution in [0, 0.1) is 0 Å². The van der Waals surface area contributed by atoms with Crippen molar-refractivity contribution in [2.75, 3.05) is 7.11 Å². The maximum absolute atomic E-state index is 11.0. The zero-order chi connectivity index (χ0) is 18.6. The Morgan fingerprint density at radius 3 is 2.25 bits per heavy atom. The zero-order valence-corrected chi connectivity index (χ0v) is 14.8. The summed E-state index contributed by atoms with van der Waals surface area (Å²) in [6.07, 6.45) is 3.67. The second-order valence-electron chi connectivity index (χ2n) is 6.04. The molecule has 0 spiro atoms. The summed E-state index contributed by atoms with van der Waals surface area (Å²) >= 11 is 0. The standard InChI is InChI=1S/C10H13NO2.C8H15NO2/c1-13-10(12)9(11)7-8-5-3-2-4-6-8;1-8(2,3)11-7(10)5-4-6-9/h2-6,9H,7,11H2,1H3;4,6H,5,9H2,1-3H3/t9-;/m1./s1. The molecule has 1 atom stereocenters. The van der Waals surface area contributed by atoms with E-state index in [-0.39, 0.29) is 18.4 Å². The lowest BCUT2D eigenvalue weighted by Gasteiger charge is -2.18. The van der Waals surface area contributed by atoms with Gasteiger partial charge in [0.05, 0.1) is 13.5 Å². The Kier molecular flexibility index (Phi) is 10.1. The average Bonchev–Trinajstić information content (AvgIpc) is 2.52. The van der Waals surface area contributed by atoms with Crippen molar-refractivity contribution in [1.82, 2.24) is 0 Å². The Labute approximate surface area is 143 Å². The third kappa shape index (κ3) is 11.3. The summed E-state index contributed by atoms with van der Waals surface area (Å²) in [4.78, 5) is 21.9. The fraction of sp³-hybridized carbons (Fsp3) is 0.444. The maximum atomic E-state index is 11.0. The fourth-order valence-corrected chi connectivity index (χ4v) is 1.65. The molecule has 0 amide bonds. The SMILES string of the molecule is CC(C)(C)OC(=O)CC=CN.COC(=O)[C@H](N)Cc1ccccc1. The van der Waals surface area contributed by atoms with Crippen molar-refractivity contribution < 1.29 is 19.1 Å². The Balaban J connectivity index is 0.000000449. The number of esters is 2. The van der Waals surface area contributed by atoms with Crippen LogP contribution in [0.3, 0.4) is 0 Å². The van der Waals surface area contributed by atoms with E-state index in [9.17, 15) is 9.59 Å². The number of carbonyl (C=O) groups excluding carboxylic acids is 2. The largest absolute Gasteiger partial charge is 0.468 e. The van der Waals surface area contributed by atoms with Crippen molar-refractivity contribution in [1.29, 1.82) is 0 Å². The molecule has 6 nitrogen and oxygen atoms in total. The van der Waals surface area contributed by atoms with Gasteiger partial charge in [0.25, 0.3) is 0 Å². The van der Waals surface area contributed by atoms with Gasteiger partial charge in [0, 0.05) is 0 Å². The van der Waals surface area contributed by atoms with E-state index in [1.807, 2.05) is 51.1 Å². The molecule has 0 heterocycles. The van der Waals surface area contributed by atoms with E-state index in [1.54, 1.807) is 6.08 Å². The van der Waals surface area contributed by atoms with Gasteiger partial charge in [-0.3, -0.25) is 9.59 Å². The molecule has 1 aromatic rings. The Hall–Kier alpha value is -2.34. The van der Waals surface area contributed by atoms with Crippen LogP contribution < -0.4 is 11.5 Å². The molecule has 0 fully saturated rings. The summed E-state index contributed by atoms with van der Waals surface area (Å²) in [5.74, 6) is -0.622. The van der Waals surface area contributed by atoms with E-state index in [2.05, 4.69) is 4.74 Å². The molecule has 0 aliphatic rings. The number of hydrogen-bond acceptors (Lipinski definition) is 6. The van der Waals surface area contributed by atoms with Crippen LogP contribution in [0.15, 0.2) is 42.6 Å². The highest BCUT2D eigenvalue weighted by atomic mass is 16.6. The van der Waals surface area contributed by atoms with Gasteiger partial charge in [-0.05, 0) is 39.0 Å². The Morgan fingerprint density at radius 1 is 1.21 bits per heavy atom. The first-order chi connectivity index (χ1) is 11.2. The smallest absolute Gasteiger partial charge is 0.322 e. The highest BCUT2D eigenvalue weighted by molar-refractivity contribution is 5.75. The van der Waals surface area contributed by atoms with E-state index in [4.69, 9.17) is 16.2 Å². The monoisotopic (exact) mass is 336 g/mol. The van der Waals surface area contributed by atoms with Gasteiger partial charge in [-0.1, -0.05) is 36.4 Å². The first-order valence-corrected chi connectivity index (χ1v) is 7.65. The third-order valence-electron chi connectivity index (χ3n) is 2.64. The van der Waals surface area contributed by atoms with E-state index in [0.29, 0.717) is 6.42 Å². The molecule has 0 aliphatic heterocycles. The molecule has 6 heteroatoms. The summed E-state index contributed by atoms with van der Waals surface area (Å²) < 4.78 is 9.51. The fourth-order valence-electron chi connectivity index (χ4n) is 1.65. The van der Waals surface area contributed by atoms with Crippen molar-refractivity contribution in [3.63, 3.8) is 0 Å². The van der Waals surface area contributed by atoms with Crippen molar-refractivity contribution >= 4 is 11.9 Å². The first-order valence-electron chi connectivity index (χ1n) is 7.65. The summed E-state index contributed by atoms with van der Waals surface area (Å²) in [5.41, 5.74) is 11.3. The Morgan fingerprint density at radius 2 is 1.79 bits per heavy atom. The van der Waals surface area contributed by atoms with Crippen LogP contribution >= 0.6 is 0 Å². The molecule has 4 N–H and O–H groups in total. The van der Waals surface area contributed by atoms with Crippen LogP contribution in [0.25, 0.3) is 0 Å². The van der Waals surface area contributed by atoms with Crippen LogP contribution in [0.5, 0.6) is 0 Å². The maximum Gasteiger partial charge on any atom is 0.322 e. The minimum absolute atomic E-state index is 0.244. The van der Waals surface area contributed by atoms with Crippen LogP contribution in [0.1, 0.15) is 32.8 Å². The van der Waals surface area contributed by atoms with E-state index >= 15 is 0 Å². The number of nitrogens with two attached hydrogens (primary N) is 2. The van der Waals surface area contributed by atoms with E-state index in [1.165, 1.54) is 13.3 Å². The van der Waals surface area contributed by atoms with Gasteiger partial charge in [0.2, 0.25) is 0 Å². The molecular weight excluding hydrogens is 308 g/mol. The molecular formula is C18H28N2O4. The Bertz CT molecular complexity index is 522. The highest BCUT2D eigenvalue weighted by Crippen LogP contribution is 2.08. The number of hydrogen-bond donors (Lipinski definition) is 2. The van der Waals surface area contributed by atoms with Crippen molar-refractivity contribution in [3.8, 4) is 0 Å². The van der Waals surface area contributed by atoms with E-state index < -0.39 is 11.6 Å². The molecule has 0 radical (unpaired) electrons. The van der Waals surface area contributed by atoms with E-state index in [0.717, 1.165) is 5.56 Å². The molecule has 134 valence electrons. The topological polar surface area (TPSA) is 105 Å². The molecule has 0 aliphatic carbocycles. The predicted molar refractivity (Wildman–Crippen MR) is 93.9 cm³/mol. The summed E-state index contributed by atoms with van der Waals surface area (Å²) in [7, 11) is 1.34. The van der Waals surface area contributed by atoms with Gasteiger partial charge in [0.15, 0.2) is 0 Å². The number of methoxy groups -OCH3 is 1. The quantitative estimate of drug-likeness (QED) is 0.796. The minimum atomic E-state index is -0.563. The van der Waals surface area contributed by atoms with Crippen LogP contribution in [0.2, 0.25) is 0 Å². The number of benzene rings is 1. The van der Waals surface area contributed by atoms with Crippen LogP contribution in [0.4, 0.5) is 0 Å². The molecule has 0 aromatic heterocycles. The first kappa shape index (κ1) is 21.7. The molecule has 0 unspecified atom stereocenters. The van der Waals surface area contributed by atoms with Crippen molar-refractivity contribution in [2.45, 2.75) is 45.3 Å². The van der Waals surface area contributed by atoms with Crippen molar-refractivity contribution in [2.24, 2.45) is 11.5 Å². The van der Waals surface area contributed by atoms with Gasteiger partial charge in [0.1, 0.15) is 11.6 Å². The van der Waals surface area contributed by atoms with Crippen LogP contribution in [-0.4, -0.2) is 30.7 Å². The third-order valence-corrected chi connectivity index (χ3v) is 2.64. The lowest BCUT2D eigenvalue weighted by molar-refractivity contribution is -0.153. The molecule has 0 bridgehead atoms. The van der Waals surface area contributed by atoms with Gasteiger partial charge in [-0.2, -0.15) is 0 Å². The van der Waals surface area contributed by atoms with Crippen LogP contribution in [-0.2, 0) is 25.5 Å². The predicted octanol–water partition coefficient (Wildman–Crippen LogP) is 1.92. The molecule has 1 rings (SSSR count). The van der Waals surface area contributed by atoms with Crippen molar-refractivity contribution in [3.05, 3.63) is 48.2 Å².